The van der Waals surface area contributed by atoms with E-state index in [1.807, 2.05) is 18.2 Å². The van der Waals surface area contributed by atoms with Crippen molar-refractivity contribution in [1.29, 1.82) is 0 Å². The summed E-state index contributed by atoms with van der Waals surface area (Å²) in [6.45, 7) is 3.34. The third-order valence-electron chi connectivity index (χ3n) is 3.95. The fraction of sp³-hybridized carbons (Fsp3) is 0.467. The Hall–Kier alpha value is -0.990. The Bertz CT molecular complexity index is 548. The predicted molar refractivity (Wildman–Crippen MR) is 75.0 cm³/mol. The molecule has 0 amide bonds. The van der Waals surface area contributed by atoms with Gasteiger partial charge in [0, 0.05) is 5.39 Å². The maximum atomic E-state index is 6.15. The number of rotatable bonds is 2. The SMILES string of the molecule is CCC1CCNC(c2cc3cccc(Cl)c3o2)C1. The molecule has 0 bridgehead atoms. The second-order valence-corrected chi connectivity index (χ2v) is 5.52. The van der Waals surface area contributed by atoms with Crippen molar-refractivity contribution in [2.75, 3.05) is 6.54 Å². The summed E-state index contributed by atoms with van der Waals surface area (Å²) >= 11 is 6.15. The van der Waals surface area contributed by atoms with Crippen LogP contribution in [0.15, 0.2) is 28.7 Å². The minimum absolute atomic E-state index is 0.340. The Kier molecular flexibility index (Phi) is 3.31. The average molecular weight is 264 g/mol. The first kappa shape index (κ1) is 12.1. The number of nitrogens with one attached hydrogen (secondary N) is 1. The van der Waals surface area contributed by atoms with Gasteiger partial charge in [-0.1, -0.05) is 37.1 Å². The van der Waals surface area contributed by atoms with E-state index in [4.69, 9.17) is 16.0 Å². The minimum Gasteiger partial charge on any atom is -0.458 e. The van der Waals surface area contributed by atoms with Gasteiger partial charge in [-0.15, -0.1) is 0 Å². The summed E-state index contributed by atoms with van der Waals surface area (Å²) in [5.41, 5.74) is 0.814. The number of para-hydroxylation sites is 1. The van der Waals surface area contributed by atoms with E-state index in [2.05, 4.69) is 18.3 Å². The van der Waals surface area contributed by atoms with Gasteiger partial charge in [-0.25, -0.2) is 0 Å². The van der Waals surface area contributed by atoms with Gasteiger partial charge in [0.2, 0.25) is 0 Å². The van der Waals surface area contributed by atoms with Crippen LogP contribution in [0.4, 0.5) is 0 Å². The second kappa shape index (κ2) is 4.94. The zero-order chi connectivity index (χ0) is 12.5. The largest absolute Gasteiger partial charge is 0.458 e. The van der Waals surface area contributed by atoms with Gasteiger partial charge in [-0.3, -0.25) is 0 Å². The third-order valence-corrected chi connectivity index (χ3v) is 4.25. The molecular weight excluding hydrogens is 246 g/mol. The van der Waals surface area contributed by atoms with Gasteiger partial charge >= 0.3 is 0 Å². The topological polar surface area (TPSA) is 25.2 Å². The molecule has 1 aromatic carbocycles. The number of hydrogen-bond acceptors (Lipinski definition) is 2. The highest BCUT2D eigenvalue weighted by molar-refractivity contribution is 6.34. The number of piperidine rings is 1. The molecular formula is C15H18ClNO. The molecule has 0 radical (unpaired) electrons. The maximum absolute atomic E-state index is 6.15. The minimum atomic E-state index is 0.340. The molecule has 2 atom stereocenters. The van der Waals surface area contributed by atoms with Gasteiger partial charge < -0.3 is 9.73 Å². The molecule has 1 aliphatic heterocycles. The van der Waals surface area contributed by atoms with E-state index in [-0.39, 0.29) is 0 Å². The van der Waals surface area contributed by atoms with Crippen LogP contribution in [0.2, 0.25) is 5.02 Å². The van der Waals surface area contributed by atoms with Gasteiger partial charge in [0.05, 0.1) is 11.1 Å². The molecule has 2 nitrogen and oxygen atoms in total. The van der Waals surface area contributed by atoms with Crippen LogP contribution in [0.1, 0.15) is 38.0 Å². The quantitative estimate of drug-likeness (QED) is 0.861. The summed E-state index contributed by atoms with van der Waals surface area (Å²) in [6.07, 6.45) is 3.68. The van der Waals surface area contributed by atoms with Crippen LogP contribution in [0.5, 0.6) is 0 Å². The molecule has 3 heteroatoms. The lowest BCUT2D eigenvalue weighted by molar-refractivity contribution is 0.274. The van der Waals surface area contributed by atoms with Crippen molar-refractivity contribution in [1.82, 2.24) is 5.32 Å². The monoisotopic (exact) mass is 263 g/mol. The van der Waals surface area contributed by atoms with E-state index in [1.54, 1.807) is 0 Å². The molecule has 1 saturated heterocycles. The first-order valence-corrected chi connectivity index (χ1v) is 7.07. The molecule has 1 aromatic heterocycles. The molecule has 2 aromatic rings. The molecule has 2 heterocycles. The Morgan fingerprint density at radius 1 is 1.44 bits per heavy atom. The molecule has 1 N–H and O–H groups in total. The van der Waals surface area contributed by atoms with Crippen LogP contribution in [0.25, 0.3) is 11.0 Å². The van der Waals surface area contributed by atoms with E-state index in [1.165, 1.54) is 12.8 Å². The Morgan fingerprint density at radius 2 is 2.33 bits per heavy atom. The van der Waals surface area contributed by atoms with Crippen molar-refractivity contribution < 1.29 is 4.42 Å². The normalized spacial score (nSPS) is 24.6. The first-order valence-electron chi connectivity index (χ1n) is 6.69. The number of benzene rings is 1. The third kappa shape index (κ3) is 2.15. The van der Waals surface area contributed by atoms with E-state index < -0.39 is 0 Å². The number of hydrogen-bond donors (Lipinski definition) is 1. The van der Waals surface area contributed by atoms with Crippen molar-refractivity contribution in [3.8, 4) is 0 Å². The van der Waals surface area contributed by atoms with Crippen LogP contribution in [0.3, 0.4) is 0 Å². The predicted octanol–water partition coefficient (Wildman–Crippen LogP) is 4.54. The van der Waals surface area contributed by atoms with E-state index in [0.29, 0.717) is 11.1 Å². The van der Waals surface area contributed by atoms with Gasteiger partial charge in [0.25, 0.3) is 0 Å². The Morgan fingerprint density at radius 3 is 3.11 bits per heavy atom. The van der Waals surface area contributed by atoms with E-state index >= 15 is 0 Å². The van der Waals surface area contributed by atoms with Crippen LogP contribution in [-0.2, 0) is 0 Å². The number of fused-ring (bicyclic) bond motifs is 1. The average Bonchev–Trinajstić information content (AvgIpc) is 2.84. The molecule has 3 rings (SSSR count). The van der Waals surface area contributed by atoms with Crippen molar-refractivity contribution in [3.63, 3.8) is 0 Å². The van der Waals surface area contributed by atoms with Gasteiger partial charge in [0.15, 0.2) is 5.58 Å². The molecule has 96 valence electrons. The summed E-state index contributed by atoms with van der Waals surface area (Å²) in [6, 6.07) is 8.35. The van der Waals surface area contributed by atoms with Crippen molar-refractivity contribution in [3.05, 3.63) is 35.0 Å². The molecule has 0 spiro atoms. The standard InChI is InChI=1S/C15H18ClNO/c1-2-10-6-7-17-13(8-10)14-9-11-4-3-5-12(16)15(11)18-14/h3-5,9-10,13,17H,2,6-8H2,1H3. The van der Waals surface area contributed by atoms with Crippen LogP contribution in [-0.4, -0.2) is 6.54 Å². The fourth-order valence-electron chi connectivity index (χ4n) is 2.80. The molecule has 2 unspecified atom stereocenters. The molecule has 1 fully saturated rings. The summed E-state index contributed by atoms with van der Waals surface area (Å²) in [4.78, 5) is 0. The molecule has 1 aliphatic rings. The van der Waals surface area contributed by atoms with E-state index in [0.717, 1.165) is 35.6 Å². The summed E-state index contributed by atoms with van der Waals surface area (Å²) in [5, 5.41) is 5.33. The summed E-state index contributed by atoms with van der Waals surface area (Å²) in [5.74, 6) is 1.83. The Balaban J connectivity index is 1.92. The number of furan rings is 1. The smallest absolute Gasteiger partial charge is 0.152 e. The summed E-state index contributed by atoms with van der Waals surface area (Å²) < 4.78 is 5.94. The lowest BCUT2D eigenvalue weighted by Crippen LogP contribution is -2.31. The van der Waals surface area contributed by atoms with Crippen LogP contribution >= 0.6 is 11.6 Å². The van der Waals surface area contributed by atoms with E-state index in [9.17, 15) is 0 Å². The van der Waals surface area contributed by atoms with Crippen molar-refractivity contribution in [2.45, 2.75) is 32.2 Å². The fourth-order valence-corrected chi connectivity index (χ4v) is 3.02. The van der Waals surface area contributed by atoms with Gasteiger partial charge in [0.1, 0.15) is 5.76 Å². The van der Waals surface area contributed by atoms with Crippen LogP contribution < -0.4 is 5.32 Å². The van der Waals surface area contributed by atoms with Crippen molar-refractivity contribution in [2.24, 2.45) is 5.92 Å². The molecule has 18 heavy (non-hydrogen) atoms. The van der Waals surface area contributed by atoms with Gasteiger partial charge in [-0.2, -0.15) is 0 Å². The maximum Gasteiger partial charge on any atom is 0.152 e. The zero-order valence-corrected chi connectivity index (χ0v) is 11.3. The van der Waals surface area contributed by atoms with Crippen molar-refractivity contribution >= 4 is 22.6 Å². The Labute approximate surface area is 112 Å². The van der Waals surface area contributed by atoms with Gasteiger partial charge in [-0.05, 0) is 37.4 Å². The number of halogens is 1. The molecule has 0 saturated carbocycles. The molecule has 0 aliphatic carbocycles. The highest BCUT2D eigenvalue weighted by Crippen LogP contribution is 2.34. The zero-order valence-electron chi connectivity index (χ0n) is 10.6. The lowest BCUT2D eigenvalue weighted by Gasteiger charge is -2.28. The lowest BCUT2D eigenvalue weighted by atomic mass is 9.89. The first-order chi connectivity index (χ1) is 8.78. The summed E-state index contributed by atoms with van der Waals surface area (Å²) in [7, 11) is 0. The van der Waals surface area contributed by atoms with Crippen LogP contribution in [0, 0.1) is 5.92 Å². The highest BCUT2D eigenvalue weighted by Gasteiger charge is 2.24. The second-order valence-electron chi connectivity index (χ2n) is 5.11. The highest BCUT2D eigenvalue weighted by atomic mass is 35.5.